The van der Waals surface area contributed by atoms with Gasteiger partial charge >= 0.3 is 0 Å². The lowest BCUT2D eigenvalue weighted by Crippen LogP contribution is -2.26. The average Bonchev–Trinajstić information content (AvgIpc) is 3.25. The van der Waals surface area contributed by atoms with Gasteiger partial charge in [-0.3, -0.25) is 14.1 Å². The number of aromatic nitrogens is 1. The third-order valence-electron chi connectivity index (χ3n) is 7.80. The molecule has 0 radical (unpaired) electrons. The Bertz CT molecular complexity index is 1740. The Kier molecular flexibility index (Phi) is 7.47. The van der Waals surface area contributed by atoms with Gasteiger partial charge in [0.15, 0.2) is 5.75 Å². The Balaban J connectivity index is 1.58. The predicted octanol–water partition coefficient (Wildman–Crippen LogP) is 6.99. The average molecular weight is 580 g/mol. The summed E-state index contributed by atoms with van der Waals surface area (Å²) in [6, 6.07) is 29.3. The Labute approximate surface area is 247 Å². The van der Waals surface area contributed by atoms with E-state index in [1.165, 1.54) is 12.1 Å². The summed E-state index contributed by atoms with van der Waals surface area (Å²) in [5.74, 6) is -0.172. The standard InChI is InChI=1S/C34H30FN3O3S/c1-22-28-29(34(39)38(22)21-23-16-18-26(35)19-17-23)33(30-27(15-10-20-36-30)31(28)37(2)42(3)40)41-32(24-11-6-4-7-12-24)25-13-8-5-9-14-25/h4-20,22,32H,21H2,1-3H3. The minimum absolute atomic E-state index is 0.221. The van der Waals surface area contributed by atoms with Crippen LogP contribution in [-0.2, 0) is 17.5 Å². The van der Waals surface area contributed by atoms with Crippen LogP contribution >= 0.6 is 0 Å². The van der Waals surface area contributed by atoms with Crippen molar-refractivity contribution in [2.75, 3.05) is 17.6 Å². The number of ether oxygens (including phenoxy) is 1. The van der Waals surface area contributed by atoms with Crippen molar-refractivity contribution < 1.29 is 18.1 Å². The van der Waals surface area contributed by atoms with Crippen molar-refractivity contribution >= 4 is 33.5 Å². The number of rotatable bonds is 8. The van der Waals surface area contributed by atoms with Crippen LogP contribution in [0.25, 0.3) is 10.9 Å². The number of carbonyl (C=O) groups excluding carboxylic acids is 1. The van der Waals surface area contributed by atoms with Crippen molar-refractivity contribution in [1.82, 2.24) is 9.88 Å². The van der Waals surface area contributed by atoms with Crippen molar-refractivity contribution in [3.8, 4) is 5.75 Å². The first-order valence-electron chi connectivity index (χ1n) is 13.7. The van der Waals surface area contributed by atoms with Crippen molar-refractivity contribution in [1.29, 1.82) is 0 Å². The molecule has 0 bridgehead atoms. The molecule has 8 heteroatoms. The SMILES string of the molecule is CC1c2c(c(OC(c3ccccc3)c3ccccc3)c3ncccc3c2N(C)S(C)=O)C(=O)N1Cc1ccc(F)cc1. The maximum Gasteiger partial charge on any atom is 0.258 e. The van der Waals surface area contributed by atoms with E-state index in [4.69, 9.17) is 9.72 Å². The second-order valence-corrected chi connectivity index (χ2v) is 11.7. The van der Waals surface area contributed by atoms with Gasteiger partial charge in [-0.2, -0.15) is 0 Å². The van der Waals surface area contributed by atoms with Gasteiger partial charge in [0.2, 0.25) is 0 Å². The van der Waals surface area contributed by atoms with Gasteiger partial charge in [-0.15, -0.1) is 0 Å². The van der Waals surface area contributed by atoms with E-state index in [2.05, 4.69) is 0 Å². The first-order chi connectivity index (χ1) is 20.3. The van der Waals surface area contributed by atoms with E-state index in [0.29, 0.717) is 22.5 Å². The summed E-state index contributed by atoms with van der Waals surface area (Å²) in [5.41, 5.74) is 4.99. The van der Waals surface area contributed by atoms with E-state index < -0.39 is 17.1 Å². The zero-order chi connectivity index (χ0) is 29.4. The van der Waals surface area contributed by atoms with Crippen LogP contribution in [0.2, 0.25) is 0 Å². The number of anilines is 1. The predicted molar refractivity (Wildman–Crippen MR) is 164 cm³/mol. The molecule has 2 heterocycles. The molecule has 6 rings (SSSR count). The number of benzene rings is 4. The topological polar surface area (TPSA) is 62.7 Å². The number of hydrogen-bond acceptors (Lipinski definition) is 4. The fourth-order valence-corrected chi connectivity index (χ4v) is 6.11. The number of amides is 1. The molecule has 2 atom stereocenters. The quantitative estimate of drug-likeness (QED) is 0.199. The summed E-state index contributed by atoms with van der Waals surface area (Å²) in [5, 5.41) is 0.743. The fraction of sp³-hybridized carbons (Fsp3) is 0.176. The third kappa shape index (κ3) is 4.92. The maximum absolute atomic E-state index is 14.4. The molecule has 1 aliphatic heterocycles. The second kappa shape index (κ2) is 11.4. The zero-order valence-corrected chi connectivity index (χ0v) is 24.3. The van der Waals surface area contributed by atoms with E-state index in [1.807, 2.05) is 79.7 Å². The molecule has 0 saturated heterocycles. The summed E-state index contributed by atoms with van der Waals surface area (Å²) in [6.45, 7) is 2.23. The highest BCUT2D eigenvalue weighted by Gasteiger charge is 2.42. The van der Waals surface area contributed by atoms with Crippen LogP contribution in [0.15, 0.2) is 103 Å². The molecular formula is C34H30FN3O3S. The Morgan fingerprint density at radius 2 is 1.57 bits per heavy atom. The molecule has 0 aliphatic carbocycles. The van der Waals surface area contributed by atoms with Crippen molar-refractivity contribution in [3.63, 3.8) is 0 Å². The smallest absolute Gasteiger partial charge is 0.258 e. The molecule has 1 aliphatic rings. The number of fused-ring (bicyclic) bond motifs is 2. The number of pyridine rings is 1. The van der Waals surface area contributed by atoms with Gasteiger partial charge in [0.1, 0.15) is 28.4 Å². The highest BCUT2D eigenvalue weighted by Crippen LogP contribution is 2.50. The summed E-state index contributed by atoms with van der Waals surface area (Å²) < 4.78 is 35.1. The zero-order valence-electron chi connectivity index (χ0n) is 23.5. The van der Waals surface area contributed by atoms with Crippen LogP contribution in [-0.4, -0.2) is 33.3 Å². The summed E-state index contributed by atoms with van der Waals surface area (Å²) in [4.78, 5) is 20.9. The molecule has 212 valence electrons. The van der Waals surface area contributed by atoms with E-state index in [-0.39, 0.29) is 24.3 Å². The number of carbonyl (C=O) groups is 1. The van der Waals surface area contributed by atoms with E-state index >= 15 is 0 Å². The molecule has 0 spiro atoms. The van der Waals surface area contributed by atoms with Gasteiger partial charge in [-0.1, -0.05) is 72.8 Å². The van der Waals surface area contributed by atoms with Gasteiger partial charge < -0.3 is 9.64 Å². The lowest BCUT2D eigenvalue weighted by Gasteiger charge is -2.27. The molecular weight excluding hydrogens is 549 g/mol. The fourth-order valence-electron chi connectivity index (χ4n) is 5.66. The van der Waals surface area contributed by atoms with Gasteiger partial charge in [0, 0.05) is 37.0 Å². The maximum atomic E-state index is 14.4. The van der Waals surface area contributed by atoms with Gasteiger partial charge in [-0.25, -0.2) is 8.60 Å². The van der Waals surface area contributed by atoms with Crippen molar-refractivity contribution in [3.05, 3.63) is 137 Å². The summed E-state index contributed by atoms with van der Waals surface area (Å²) in [6.07, 6.45) is 2.77. The molecule has 6 nitrogen and oxygen atoms in total. The van der Waals surface area contributed by atoms with Crippen LogP contribution in [0.1, 0.15) is 51.7 Å². The lowest BCUT2D eigenvalue weighted by molar-refractivity contribution is 0.0719. The van der Waals surface area contributed by atoms with Gasteiger partial charge in [0.25, 0.3) is 5.91 Å². The number of nitrogens with zero attached hydrogens (tertiary/aromatic N) is 3. The lowest BCUT2D eigenvalue weighted by atomic mass is 9.96. The van der Waals surface area contributed by atoms with Crippen molar-refractivity contribution in [2.45, 2.75) is 25.6 Å². The highest BCUT2D eigenvalue weighted by molar-refractivity contribution is 7.85. The number of halogens is 1. The summed E-state index contributed by atoms with van der Waals surface area (Å²) >= 11 is 0. The normalized spacial score (nSPS) is 15.2. The third-order valence-corrected chi connectivity index (χ3v) is 8.75. The van der Waals surface area contributed by atoms with Crippen LogP contribution in [0.5, 0.6) is 5.75 Å². The van der Waals surface area contributed by atoms with Gasteiger partial charge in [0.05, 0.1) is 17.3 Å². The van der Waals surface area contributed by atoms with E-state index in [0.717, 1.165) is 27.6 Å². The Morgan fingerprint density at radius 3 is 2.17 bits per heavy atom. The first-order valence-corrected chi connectivity index (χ1v) is 15.2. The Hall–Kier alpha value is -4.56. The second-order valence-electron chi connectivity index (χ2n) is 10.3. The molecule has 1 aromatic heterocycles. The highest BCUT2D eigenvalue weighted by atomic mass is 32.2. The minimum atomic E-state index is -1.37. The van der Waals surface area contributed by atoms with Crippen LogP contribution in [0, 0.1) is 5.82 Å². The van der Waals surface area contributed by atoms with Gasteiger partial charge in [-0.05, 0) is 47.9 Å². The first kappa shape index (κ1) is 27.6. The molecule has 2 unspecified atom stereocenters. The monoisotopic (exact) mass is 579 g/mol. The number of hydrogen-bond donors (Lipinski definition) is 0. The molecule has 0 N–H and O–H groups in total. The van der Waals surface area contributed by atoms with Crippen LogP contribution in [0.4, 0.5) is 10.1 Å². The van der Waals surface area contributed by atoms with Crippen molar-refractivity contribution in [2.24, 2.45) is 0 Å². The molecule has 1 amide bonds. The van der Waals surface area contributed by atoms with E-state index in [9.17, 15) is 13.4 Å². The molecule has 42 heavy (non-hydrogen) atoms. The van der Waals surface area contributed by atoms with E-state index in [1.54, 1.807) is 40.8 Å². The molecule has 0 saturated carbocycles. The molecule has 5 aromatic rings. The summed E-state index contributed by atoms with van der Waals surface area (Å²) in [7, 11) is 0.388. The molecule has 0 fully saturated rings. The largest absolute Gasteiger partial charge is 0.478 e. The minimum Gasteiger partial charge on any atom is -0.478 e. The van der Waals surface area contributed by atoms with Crippen LogP contribution in [0.3, 0.4) is 0 Å². The molecule has 4 aromatic carbocycles. The van der Waals surface area contributed by atoms with Crippen LogP contribution < -0.4 is 9.04 Å². The Morgan fingerprint density at radius 1 is 0.952 bits per heavy atom.